The van der Waals surface area contributed by atoms with Crippen molar-refractivity contribution in [3.8, 4) is 0 Å². The van der Waals surface area contributed by atoms with Crippen LogP contribution >= 0.6 is 11.8 Å². The Morgan fingerprint density at radius 3 is 2.95 bits per heavy atom. The van der Waals surface area contributed by atoms with Crippen molar-refractivity contribution < 1.29 is 0 Å². The second-order valence-electron chi connectivity index (χ2n) is 5.08. The van der Waals surface area contributed by atoms with Crippen molar-refractivity contribution in [2.24, 2.45) is 5.73 Å². The highest BCUT2D eigenvalue weighted by Gasteiger charge is 2.21. The lowest BCUT2D eigenvalue weighted by Crippen LogP contribution is -2.21. The molecule has 0 radical (unpaired) electrons. The van der Waals surface area contributed by atoms with Crippen molar-refractivity contribution in [1.29, 1.82) is 0 Å². The van der Waals surface area contributed by atoms with E-state index in [1.165, 1.54) is 12.8 Å². The SMILES string of the molecule is CCCCSc1nc(N)cc(N[C@H]2CC[C@H](N)C2)n1. The van der Waals surface area contributed by atoms with Crippen LogP contribution in [0.3, 0.4) is 0 Å². The molecule has 1 saturated carbocycles. The van der Waals surface area contributed by atoms with Gasteiger partial charge in [0, 0.05) is 23.9 Å². The zero-order valence-corrected chi connectivity index (χ0v) is 12.2. The molecule has 106 valence electrons. The average molecular weight is 281 g/mol. The molecule has 0 spiro atoms. The molecule has 5 N–H and O–H groups in total. The van der Waals surface area contributed by atoms with Gasteiger partial charge in [-0.05, 0) is 25.7 Å². The fourth-order valence-corrected chi connectivity index (χ4v) is 3.19. The molecule has 6 heteroatoms. The van der Waals surface area contributed by atoms with Crippen LogP contribution in [0.4, 0.5) is 11.6 Å². The molecule has 1 fully saturated rings. The molecule has 0 amide bonds. The molecule has 5 nitrogen and oxygen atoms in total. The van der Waals surface area contributed by atoms with Crippen LogP contribution in [0.5, 0.6) is 0 Å². The van der Waals surface area contributed by atoms with Crippen LogP contribution in [0, 0.1) is 0 Å². The zero-order valence-electron chi connectivity index (χ0n) is 11.4. The van der Waals surface area contributed by atoms with Gasteiger partial charge in [0.2, 0.25) is 0 Å². The van der Waals surface area contributed by atoms with Gasteiger partial charge in [-0.2, -0.15) is 0 Å². The van der Waals surface area contributed by atoms with E-state index in [9.17, 15) is 0 Å². The van der Waals surface area contributed by atoms with Crippen LogP contribution < -0.4 is 16.8 Å². The number of nitrogens with one attached hydrogen (secondary N) is 1. The number of hydrogen-bond donors (Lipinski definition) is 3. The van der Waals surface area contributed by atoms with Gasteiger partial charge in [0.1, 0.15) is 11.6 Å². The summed E-state index contributed by atoms with van der Waals surface area (Å²) in [5.74, 6) is 2.39. The van der Waals surface area contributed by atoms with Crippen LogP contribution in [0.2, 0.25) is 0 Å². The Kier molecular flexibility index (Phi) is 5.27. The summed E-state index contributed by atoms with van der Waals surface area (Å²) in [7, 11) is 0. The van der Waals surface area contributed by atoms with Gasteiger partial charge in [0.15, 0.2) is 5.16 Å². The highest BCUT2D eigenvalue weighted by atomic mass is 32.2. The lowest BCUT2D eigenvalue weighted by Gasteiger charge is -2.14. The third-order valence-corrected chi connectivity index (χ3v) is 4.21. The van der Waals surface area contributed by atoms with Crippen molar-refractivity contribution in [2.45, 2.75) is 56.3 Å². The fraction of sp³-hybridized carbons (Fsp3) is 0.692. The number of aromatic nitrogens is 2. The molecule has 1 aliphatic rings. The summed E-state index contributed by atoms with van der Waals surface area (Å²) in [6.45, 7) is 2.18. The number of nitrogens with zero attached hydrogens (tertiary/aromatic N) is 2. The smallest absolute Gasteiger partial charge is 0.191 e. The second kappa shape index (κ2) is 6.96. The summed E-state index contributed by atoms with van der Waals surface area (Å²) < 4.78 is 0. The van der Waals surface area contributed by atoms with Crippen molar-refractivity contribution in [3.63, 3.8) is 0 Å². The van der Waals surface area contributed by atoms with Gasteiger partial charge in [0.25, 0.3) is 0 Å². The predicted octanol–water partition coefficient (Wildman–Crippen LogP) is 2.24. The standard InChI is InChI=1S/C13H23N5S/c1-2-3-6-19-13-17-11(15)8-12(18-13)16-10-5-4-9(14)7-10/h8-10H,2-7,14H2,1H3,(H3,15,16,17,18)/t9-,10-/m0/s1. The molecular formula is C13H23N5S. The lowest BCUT2D eigenvalue weighted by atomic mass is 10.2. The van der Waals surface area contributed by atoms with Gasteiger partial charge < -0.3 is 16.8 Å². The summed E-state index contributed by atoms with van der Waals surface area (Å²) >= 11 is 1.66. The highest BCUT2D eigenvalue weighted by molar-refractivity contribution is 7.99. The van der Waals surface area contributed by atoms with Crippen molar-refractivity contribution >= 4 is 23.4 Å². The Hall–Kier alpha value is -1.01. The maximum atomic E-state index is 5.92. The summed E-state index contributed by atoms with van der Waals surface area (Å²) in [5.41, 5.74) is 11.8. The molecule has 2 rings (SSSR count). The van der Waals surface area contributed by atoms with Gasteiger partial charge in [-0.25, -0.2) is 9.97 Å². The molecule has 1 aromatic rings. The largest absolute Gasteiger partial charge is 0.383 e. The Balaban J connectivity index is 1.95. The monoisotopic (exact) mass is 281 g/mol. The summed E-state index contributed by atoms with van der Waals surface area (Å²) in [4.78, 5) is 8.77. The van der Waals surface area contributed by atoms with Crippen molar-refractivity contribution in [2.75, 3.05) is 16.8 Å². The lowest BCUT2D eigenvalue weighted by molar-refractivity contribution is 0.685. The van der Waals surface area contributed by atoms with Gasteiger partial charge in [-0.15, -0.1) is 0 Å². The Bertz CT molecular complexity index is 412. The molecule has 0 bridgehead atoms. The van der Waals surface area contributed by atoms with E-state index in [0.717, 1.165) is 36.0 Å². The summed E-state index contributed by atoms with van der Waals surface area (Å²) in [5, 5.41) is 4.18. The van der Waals surface area contributed by atoms with E-state index in [4.69, 9.17) is 11.5 Å². The second-order valence-corrected chi connectivity index (χ2v) is 6.14. The number of unbranched alkanes of at least 4 members (excludes halogenated alkanes) is 1. The number of thioether (sulfide) groups is 1. The minimum absolute atomic E-state index is 0.315. The third kappa shape index (κ3) is 4.54. The fourth-order valence-electron chi connectivity index (χ4n) is 2.25. The summed E-state index contributed by atoms with van der Waals surface area (Å²) in [6.07, 6.45) is 5.53. The molecule has 0 unspecified atom stereocenters. The molecule has 1 aromatic heterocycles. The zero-order chi connectivity index (χ0) is 13.7. The molecule has 1 heterocycles. The number of rotatable bonds is 6. The topological polar surface area (TPSA) is 89.8 Å². The van der Waals surface area contributed by atoms with Crippen LogP contribution in [0.1, 0.15) is 39.0 Å². The van der Waals surface area contributed by atoms with Crippen molar-refractivity contribution in [3.05, 3.63) is 6.07 Å². The van der Waals surface area contributed by atoms with Gasteiger partial charge in [-0.3, -0.25) is 0 Å². The average Bonchev–Trinajstić information content (AvgIpc) is 2.74. The van der Waals surface area contributed by atoms with Crippen molar-refractivity contribution in [1.82, 2.24) is 9.97 Å². The number of hydrogen-bond acceptors (Lipinski definition) is 6. The molecule has 0 aliphatic heterocycles. The minimum Gasteiger partial charge on any atom is -0.383 e. The number of nitrogens with two attached hydrogens (primary N) is 2. The van der Waals surface area contributed by atoms with Crippen LogP contribution in [-0.4, -0.2) is 27.8 Å². The van der Waals surface area contributed by atoms with E-state index < -0.39 is 0 Å². The van der Waals surface area contributed by atoms with Gasteiger partial charge in [0.05, 0.1) is 0 Å². The maximum absolute atomic E-state index is 5.92. The van der Waals surface area contributed by atoms with E-state index >= 15 is 0 Å². The van der Waals surface area contributed by atoms with E-state index in [1.807, 2.05) is 0 Å². The molecule has 0 aromatic carbocycles. The first kappa shape index (κ1) is 14.4. The number of anilines is 2. The minimum atomic E-state index is 0.315. The van der Waals surface area contributed by atoms with E-state index in [1.54, 1.807) is 17.8 Å². The third-order valence-electron chi connectivity index (χ3n) is 3.28. The van der Waals surface area contributed by atoms with Gasteiger partial charge in [-0.1, -0.05) is 25.1 Å². The molecule has 19 heavy (non-hydrogen) atoms. The highest BCUT2D eigenvalue weighted by Crippen LogP contribution is 2.23. The predicted molar refractivity (Wildman–Crippen MR) is 81.3 cm³/mol. The van der Waals surface area contributed by atoms with Crippen LogP contribution in [-0.2, 0) is 0 Å². The van der Waals surface area contributed by atoms with E-state index in [-0.39, 0.29) is 0 Å². The summed E-state index contributed by atoms with van der Waals surface area (Å²) in [6, 6.07) is 2.53. The quantitative estimate of drug-likeness (QED) is 0.421. The van der Waals surface area contributed by atoms with Crippen LogP contribution in [0.25, 0.3) is 0 Å². The Morgan fingerprint density at radius 2 is 2.26 bits per heavy atom. The Morgan fingerprint density at radius 1 is 1.42 bits per heavy atom. The molecule has 2 atom stereocenters. The number of nitrogen functional groups attached to an aromatic ring is 1. The maximum Gasteiger partial charge on any atom is 0.191 e. The molecule has 0 saturated heterocycles. The van der Waals surface area contributed by atoms with Crippen LogP contribution in [0.15, 0.2) is 11.2 Å². The van der Waals surface area contributed by atoms with E-state index in [2.05, 4.69) is 22.2 Å². The molecular weight excluding hydrogens is 258 g/mol. The normalized spacial score (nSPS) is 22.6. The first-order chi connectivity index (χ1) is 9.17. The van der Waals surface area contributed by atoms with Gasteiger partial charge >= 0.3 is 0 Å². The first-order valence-electron chi connectivity index (χ1n) is 6.97. The first-order valence-corrected chi connectivity index (χ1v) is 7.95. The molecule has 1 aliphatic carbocycles. The van der Waals surface area contributed by atoms with E-state index in [0.29, 0.717) is 17.9 Å². The Labute approximate surface area is 119 Å².